The fourth-order valence-electron chi connectivity index (χ4n) is 1.46. The molecule has 0 saturated heterocycles. The average molecular weight is 322 g/mol. The van der Waals surface area contributed by atoms with Gasteiger partial charge < -0.3 is 9.84 Å². The second kappa shape index (κ2) is 6.81. The van der Waals surface area contributed by atoms with Crippen LogP contribution in [0, 0.1) is 11.8 Å². The molecule has 0 rings (SSSR count). The number of hydrogen-bond donors (Lipinski definition) is 1. The van der Waals surface area contributed by atoms with Crippen LogP contribution in [0.2, 0.25) is 0 Å². The molecule has 0 bridgehead atoms. The van der Waals surface area contributed by atoms with Crippen LogP contribution in [0.5, 0.6) is 0 Å². The maximum absolute atomic E-state index is 12.6. The number of carbonyl (C=O) groups excluding carboxylic acids is 1. The van der Waals surface area contributed by atoms with Gasteiger partial charge in [0.2, 0.25) is 0 Å². The molecule has 0 fully saturated rings. The second-order valence-electron chi connectivity index (χ2n) is 4.38. The first-order valence-electron chi connectivity index (χ1n) is 5.51. The Hall–Kier alpha value is -1.74. The van der Waals surface area contributed by atoms with Gasteiger partial charge in [-0.05, 0) is 5.92 Å². The monoisotopic (exact) mass is 322 g/mol. The summed E-state index contributed by atoms with van der Waals surface area (Å²) < 4.78 is 79.6. The molecule has 0 aliphatic carbocycles. The number of carboxylic acid groups (broad SMARTS) is 1. The first-order chi connectivity index (χ1) is 9.26. The Morgan fingerprint density at radius 2 is 1.43 bits per heavy atom. The molecular formula is C11H12F6O4. The molecule has 4 nitrogen and oxygen atoms in total. The van der Waals surface area contributed by atoms with Crippen LogP contribution in [0.25, 0.3) is 0 Å². The summed E-state index contributed by atoms with van der Waals surface area (Å²) in [5.74, 6) is -8.35. The largest absolute Gasteiger partial charge is 0.478 e. The van der Waals surface area contributed by atoms with Crippen molar-refractivity contribution in [2.75, 3.05) is 0 Å². The zero-order chi connectivity index (χ0) is 17.0. The Kier molecular flexibility index (Phi) is 6.25. The third-order valence-corrected chi connectivity index (χ3v) is 2.31. The number of ether oxygens (including phenoxy) is 1. The highest BCUT2D eigenvalue weighted by atomic mass is 19.4. The molecule has 0 amide bonds. The number of esters is 1. The molecular weight excluding hydrogens is 310 g/mol. The highest BCUT2D eigenvalue weighted by molar-refractivity contribution is 5.90. The van der Waals surface area contributed by atoms with Gasteiger partial charge >= 0.3 is 24.3 Å². The van der Waals surface area contributed by atoms with Crippen LogP contribution in [0.4, 0.5) is 26.3 Å². The van der Waals surface area contributed by atoms with E-state index < -0.39 is 42.2 Å². The van der Waals surface area contributed by atoms with E-state index in [1.165, 1.54) is 0 Å². The van der Waals surface area contributed by atoms with Crippen molar-refractivity contribution in [2.45, 2.75) is 32.3 Å². The Balaban J connectivity index is 5.37. The van der Waals surface area contributed by atoms with E-state index in [4.69, 9.17) is 5.11 Å². The first-order valence-corrected chi connectivity index (χ1v) is 5.51. The van der Waals surface area contributed by atoms with Crippen LogP contribution in [-0.4, -0.2) is 35.5 Å². The molecule has 0 heterocycles. The summed E-state index contributed by atoms with van der Waals surface area (Å²) in [5, 5.41) is 8.22. The summed E-state index contributed by atoms with van der Waals surface area (Å²) in [6.07, 6.45) is -13.4. The van der Waals surface area contributed by atoms with Crippen molar-refractivity contribution in [2.24, 2.45) is 11.8 Å². The molecule has 21 heavy (non-hydrogen) atoms. The van der Waals surface area contributed by atoms with Gasteiger partial charge in [0.05, 0.1) is 0 Å². The number of halogens is 6. The van der Waals surface area contributed by atoms with Crippen molar-refractivity contribution in [1.82, 2.24) is 0 Å². The third kappa shape index (κ3) is 6.50. The Bertz CT molecular complexity index is 396. The Morgan fingerprint density at radius 3 is 1.71 bits per heavy atom. The van der Waals surface area contributed by atoms with Crippen molar-refractivity contribution in [3.63, 3.8) is 0 Å². The molecule has 0 aromatic carbocycles. The van der Waals surface area contributed by atoms with E-state index in [0.717, 1.165) is 13.8 Å². The summed E-state index contributed by atoms with van der Waals surface area (Å²) in [6.45, 7) is 2.03. The van der Waals surface area contributed by atoms with Gasteiger partial charge in [0.15, 0.2) is 5.92 Å². The van der Waals surface area contributed by atoms with E-state index in [1.807, 2.05) is 0 Å². The van der Waals surface area contributed by atoms with E-state index in [9.17, 15) is 35.9 Å². The van der Waals surface area contributed by atoms with Gasteiger partial charge in [-0.2, -0.15) is 26.3 Å². The number of rotatable bonds is 5. The lowest BCUT2D eigenvalue weighted by atomic mass is 9.92. The van der Waals surface area contributed by atoms with Gasteiger partial charge in [-0.25, -0.2) is 9.59 Å². The summed E-state index contributed by atoms with van der Waals surface area (Å²) in [4.78, 5) is 21.2. The number of alkyl halides is 6. The maximum Gasteiger partial charge on any atom is 0.404 e. The van der Waals surface area contributed by atoms with Crippen molar-refractivity contribution < 1.29 is 45.8 Å². The van der Waals surface area contributed by atoms with E-state index >= 15 is 0 Å². The summed E-state index contributed by atoms with van der Waals surface area (Å²) >= 11 is 0. The van der Waals surface area contributed by atoms with Gasteiger partial charge in [-0.3, -0.25) is 0 Å². The van der Waals surface area contributed by atoms with Gasteiger partial charge in [-0.15, -0.1) is 0 Å². The van der Waals surface area contributed by atoms with Gasteiger partial charge in [-0.1, -0.05) is 13.8 Å². The normalized spacial score (nSPS) is 14.8. The van der Waals surface area contributed by atoms with Crippen LogP contribution < -0.4 is 0 Å². The molecule has 0 aliphatic rings. The number of hydrogen-bond acceptors (Lipinski definition) is 3. The standard InChI is InChI=1S/C11H12F6O4/c1-5(2)8(21-7(20)4-3-6(18)19)9(10(12,13)14)11(15,16)17/h3-5,8-9H,1-2H3,(H,18,19)/b4-3+. The SMILES string of the molecule is CC(C)C(OC(=O)/C=C/C(=O)O)C(C(F)(F)F)C(F)(F)F. The first kappa shape index (κ1) is 19.3. The van der Waals surface area contributed by atoms with E-state index in [1.54, 1.807) is 0 Å². The quantitative estimate of drug-likeness (QED) is 0.480. The minimum Gasteiger partial charge on any atom is -0.478 e. The Morgan fingerprint density at radius 1 is 1.00 bits per heavy atom. The smallest absolute Gasteiger partial charge is 0.404 e. The maximum atomic E-state index is 12.6. The molecule has 10 heteroatoms. The highest BCUT2D eigenvalue weighted by Crippen LogP contribution is 2.44. The molecule has 0 saturated carbocycles. The van der Waals surface area contributed by atoms with Crippen molar-refractivity contribution in [3.8, 4) is 0 Å². The van der Waals surface area contributed by atoms with Gasteiger partial charge in [0.1, 0.15) is 6.10 Å². The van der Waals surface area contributed by atoms with E-state index in [2.05, 4.69) is 4.74 Å². The molecule has 1 atom stereocenters. The van der Waals surface area contributed by atoms with Crippen molar-refractivity contribution in [3.05, 3.63) is 12.2 Å². The molecule has 1 unspecified atom stereocenters. The highest BCUT2D eigenvalue weighted by Gasteiger charge is 2.62. The van der Waals surface area contributed by atoms with Crippen LogP contribution in [0.1, 0.15) is 13.8 Å². The summed E-state index contributed by atoms with van der Waals surface area (Å²) in [6, 6.07) is 0. The van der Waals surface area contributed by atoms with E-state index in [-0.39, 0.29) is 12.2 Å². The van der Waals surface area contributed by atoms with Crippen molar-refractivity contribution >= 4 is 11.9 Å². The van der Waals surface area contributed by atoms with Gasteiger partial charge in [0, 0.05) is 12.2 Å². The summed E-state index contributed by atoms with van der Waals surface area (Å²) in [7, 11) is 0. The predicted octanol–water partition coefficient (Wildman–Crippen LogP) is 2.94. The Labute approximate surface area is 115 Å². The third-order valence-electron chi connectivity index (χ3n) is 2.31. The zero-order valence-electron chi connectivity index (χ0n) is 10.8. The van der Waals surface area contributed by atoms with Crippen molar-refractivity contribution in [1.29, 1.82) is 0 Å². The van der Waals surface area contributed by atoms with Crippen LogP contribution in [0.15, 0.2) is 12.2 Å². The van der Waals surface area contributed by atoms with Crippen LogP contribution in [0.3, 0.4) is 0 Å². The summed E-state index contributed by atoms with van der Waals surface area (Å²) in [5.41, 5.74) is 0. The molecule has 0 spiro atoms. The number of aliphatic carboxylic acids is 1. The minimum atomic E-state index is -5.66. The topological polar surface area (TPSA) is 63.6 Å². The molecule has 0 radical (unpaired) electrons. The van der Waals surface area contributed by atoms with Crippen LogP contribution >= 0.6 is 0 Å². The number of carbonyl (C=O) groups is 2. The fraction of sp³-hybridized carbons (Fsp3) is 0.636. The molecule has 0 aromatic heterocycles. The zero-order valence-corrected chi connectivity index (χ0v) is 10.8. The lowest BCUT2D eigenvalue weighted by Gasteiger charge is -2.32. The molecule has 0 aromatic rings. The van der Waals surface area contributed by atoms with E-state index in [0.29, 0.717) is 0 Å². The lowest BCUT2D eigenvalue weighted by molar-refractivity contribution is -0.311. The molecule has 122 valence electrons. The fourth-order valence-corrected chi connectivity index (χ4v) is 1.46. The lowest BCUT2D eigenvalue weighted by Crippen LogP contribution is -2.48. The van der Waals surface area contributed by atoms with Crippen LogP contribution in [-0.2, 0) is 14.3 Å². The predicted molar refractivity (Wildman–Crippen MR) is 57.1 cm³/mol. The molecule has 1 N–H and O–H groups in total. The molecule has 0 aliphatic heterocycles. The average Bonchev–Trinajstić information content (AvgIpc) is 2.21. The second-order valence-corrected chi connectivity index (χ2v) is 4.38. The minimum absolute atomic E-state index is 0.238. The van der Waals surface area contributed by atoms with Gasteiger partial charge in [0.25, 0.3) is 0 Å². The number of carboxylic acids is 1.